The molecule has 0 bridgehead atoms. The van der Waals surface area contributed by atoms with E-state index >= 15 is 0 Å². The van der Waals surface area contributed by atoms with Gasteiger partial charge in [-0.15, -0.1) is 0 Å². The molecule has 26 heavy (non-hydrogen) atoms. The monoisotopic (exact) mass is 376 g/mol. The maximum absolute atomic E-state index is 12.8. The number of amides is 1. The van der Waals surface area contributed by atoms with Gasteiger partial charge in [-0.3, -0.25) is 9.10 Å². The molecule has 0 spiro atoms. The van der Waals surface area contributed by atoms with Crippen LogP contribution in [0.15, 0.2) is 42.5 Å². The Kier molecular flexibility index (Phi) is 5.92. The third-order valence-electron chi connectivity index (χ3n) is 4.13. The second-order valence-electron chi connectivity index (χ2n) is 6.19. The Morgan fingerprint density at radius 1 is 1.12 bits per heavy atom. The molecule has 1 unspecified atom stereocenters. The van der Waals surface area contributed by atoms with Gasteiger partial charge in [-0.05, 0) is 44.0 Å². The highest BCUT2D eigenvalue weighted by molar-refractivity contribution is 7.92. The van der Waals surface area contributed by atoms with Crippen LogP contribution in [0.3, 0.4) is 0 Å². The number of para-hydroxylation sites is 1. The van der Waals surface area contributed by atoms with Gasteiger partial charge in [0.05, 0.1) is 19.1 Å². The van der Waals surface area contributed by atoms with Crippen LogP contribution in [0.2, 0.25) is 0 Å². The van der Waals surface area contributed by atoms with E-state index in [0.717, 1.165) is 21.7 Å². The summed E-state index contributed by atoms with van der Waals surface area (Å²) in [6.45, 7) is 5.34. The molecule has 1 amide bonds. The topological polar surface area (TPSA) is 75.7 Å². The van der Waals surface area contributed by atoms with Gasteiger partial charge in [0, 0.05) is 11.8 Å². The summed E-state index contributed by atoms with van der Waals surface area (Å²) in [5.74, 6) is 0.106. The number of hydrogen-bond donors (Lipinski definition) is 1. The van der Waals surface area contributed by atoms with E-state index in [1.807, 2.05) is 32.0 Å². The third-order valence-corrected chi connectivity index (χ3v) is 5.37. The fraction of sp³-hybridized carbons (Fsp3) is 0.316. The van der Waals surface area contributed by atoms with Crippen LogP contribution in [0.5, 0.6) is 5.75 Å². The van der Waals surface area contributed by atoms with Crippen molar-refractivity contribution in [2.24, 2.45) is 0 Å². The molecule has 0 aliphatic carbocycles. The Balaban J connectivity index is 2.38. The van der Waals surface area contributed by atoms with Gasteiger partial charge in [0.2, 0.25) is 15.9 Å². The zero-order chi connectivity index (χ0) is 19.5. The number of nitrogens with zero attached hydrogens (tertiary/aromatic N) is 1. The van der Waals surface area contributed by atoms with Crippen molar-refractivity contribution in [1.82, 2.24) is 0 Å². The quantitative estimate of drug-likeness (QED) is 0.840. The van der Waals surface area contributed by atoms with Crippen LogP contribution in [0.1, 0.15) is 18.1 Å². The van der Waals surface area contributed by atoms with Crippen molar-refractivity contribution in [3.8, 4) is 5.75 Å². The lowest BCUT2D eigenvalue weighted by atomic mass is 10.1. The molecule has 0 saturated carbocycles. The van der Waals surface area contributed by atoms with Crippen molar-refractivity contribution in [2.45, 2.75) is 26.8 Å². The predicted octanol–water partition coefficient (Wildman–Crippen LogP) is 3.11. The van der Waals surface area contributed by atoms with Crippen molar-refractivity contribution in [3.05, 3.63) is 53.6 Å². The highest BCUT2D eigenvalue weighted by Crippen LogP contribution is 2.26. The number of hydrogen-bond acceptors (Lipinski definition) is 4. The number of nitrogens with one attached hydrogen (secondary N) is 1. The SMILES string of the molecule is COc1cccc(N(C(C)C(=O)Nc2c(C)cccc2C)S(C)(=O)=O)c1. The van der Waals surface area contributed by atoms with Crippen LogP contribution < -0.4 is 14.4 Å². The highest BCUT2D eigenvalue weighted by atomic mass is 32.2. The number of carbonyl (C=O) groups excluding carboxylic acids is 1. The van der Waals surface area contributed by atoms with Crippen molar-refractivity contribution < 1.29 is 17.9 Å². The van der Waals surface area contributed by atoms with Crippen molar-refractivity contribution in [1.29, 1.82) is 0 Å². The number of ether oxygens (including phenoxy) is 1. The maximum Gasteiger partial charge on any atom is 0.248 e. The fourth-order valence-corrected chi connectivity index (χ4v) is 3.96. The van der Waals surface area contributed by atoms with E-state index in [1.165, 1.54) is 7.11 Å². The molecule has 6 nitrogen and oxygen atoms in total. The summed E-state index contributed by atoms with van der Waals surface area (Å²) in [4.78, 5) is 12.8. The lowest BCUT2D eigenvalue weighted by Crippen LogP contribution is -2.45. The molecule has 0 heterocycles. The average Bonchev–Trinajstić information content (AvgIpc) is 2.57. The largest absolute Gasteiger partial charge is 0.497 e. The predicted molar refractivity (Wildman–Crippen MR) is 104 cm³/mol. The lowest BCUT2D eigenvalue weighted by Gasteiger charge is -2.28. The summed E-state index contributed by atoms with van der Waals surface area (Å²) < 4.78 is 31.0. The van der Waals surface area contributed by atoms with E-state index in [1.54, 1.807) is 31.2 Å². The summed E-state index contributed by atoms with van der Waals surface area (Å²) in [5, 5.41) is 2.85. The Hall–Kier alpha value is -2.54. The van der Waals surface area contributed by atoms with Crippen molar-refractivity contribution in [2.75, 3.05) is 23.0 Å². The minimum Gasteiger partial charge on any atom is -0.497 e. The van der Waals surface area contributed by atoms with Gasteiger partial charge < -0.3 is 10.1 Å². The summed E-state index contributed by atoms with van der Waals surface area (Å²) in [5.41, 5.74) is 2.90. The van der Waals surface area contributed by atoms with E-state index in [-0.39, 0.29) is 0 Å². The van der Waals surface area contributed by atoms with Crippen LogP contribution >= 0.6 is 0 Å². The van der Waals surface area contributed by atoms with Crippen LogP contribution in [0.25, 0.3) is 0 Å². The van der Waals surface area contributed by atoms with Crippen LogP contribution in [0, 0.1) is 13.8 Å². The van der Waals surface area contributed by atoms with Crippen LogP contribution in [0.4, 0.5) is 11.4 Å². The summed E-state index contributed by atoms with van der Waals surface area (Å²) in [6.07, 6.45) is 1.08. The zero-order valence-electron chi connectivity index (χ0n) is 15.6. The minimum absolute atomic E-state index is 0.371. The molecule has 0 saturated heterocycles. The molecule has 1 N–H and O–H groups in total. The van der Waals surface area contributed by atoms with Gasteiger partial charge in [0.25, 0.3) is 0 Å². The Bertz CT molecular complexity index is 889. The smallest absolute Gasteiger partial charge is 0.248 e. The molecule has 2 rings (SSSR count). The van der Waals surface area contributed by atoms with E-state index in [4.69, 9.17) is 4.74 Å². The Morgan fingerprint density at radius 3 is 2.23 bits per heavy atom. The van der Waals surface area contributed by atoms with E-state index in [2.05, 4.69) is 5.32 Å². The van der Waals surface area contributed by atoms with Gasteiger partial charge in [-0.25, -0.2) is 8.42 Å². The second-order valence-corrected chi connectivity index (χ2v) is 8.05. The number of anilines is 2. The molecule has 0 aliphatic rings. The number of aryl methyl sites for hydroxylation is 2. The molecule has 0 aromatic heterocycles. The number of methoxy groups -OCH3 is 1. The van der Waals surface area contributed by atoms with Gasteiger partial charge in [-0.2, -0.15) is 0 Å². The second kappa shape index (κ2) is 7.78. The van der Waals surface area contributed by atoms with Crippen molar-refractivity contribution in [3.63, 3.8) is 0 Å². The Morgan fingerprint density at radius 2 is 1.69 bits per heavy atom. The van der Waals surface area contributed by atoms with Gasteiger partial charge >= 0.3 is 0 Å². The molecule has 2 aromatic carbocycles. The van der Waals surface area contributed by atoms with Crippen molar-refractivity contribution >= 4 is 27.3 Å². The van der Waals surface area contributed by atoms with Gasteiger partial charge in [-0.1, -0.05) is 24.3 Å². The average molecular weight is 376 g/mol. The molecule has 0 fully saturated rings. The first-order valence-corrected chi connectivity index (χ1v) is 10.0. The maximum atomic E-state index is 12.8. The first-order valence-electron chi connectivity index (χ1n) is 8.15. The van der Waals surface area contributed by atoms with Crippen LogP contribution in [-0.2, 0) is 14.8 Å². The zero-order valence-corrected chi connectivity index (χ0v) is 16.4. The van der Waals surface area contributed by atoms with E-state index < -0.39 is 22.0 Å². The number of benzene rings is 2. The highest BCUT2D eigenvalue weighted by Gasteiger charge is 2.29. The summed E-state index contributed by atoms with van der Waals surface area (Å²) >= 11 is 0. The molecular formula is C19H24N2O4S. The first kappa shape index (κ1) is 19.8. The minimum atomic E-state index is -3.68. The number of carbonyl (C=O) groups is 1. The van der Waals surface area contributed by atoms with Gasteiger partial charge in [0.1, 0.15) is 11.8 Å². The summed E-state index contributed by atoms with van der Waals surface area (Å²) in [7, 11) is -2.18. The number of sulfonamides is 1. The molecule has 0 radical (unpaired) electrons. The molecule has 0 aliphatic heterocycles. The fourth-order valence-electron chi connectivity index (χ4n) is 2.80. The lowest BCUT2D eigenvalue weighted by molar-refractivity contribution is -0.116. The van der Waals surface area contributed by atoms with E-state index in [0.29, 0.717) is 17.1 Å². The third kappa shape index (κ3) is 4.35. The molecule has 2 aromatic rings. The normalized spacial score (nSPS) is 12.3. The Labute approximate surface area is 154 Å². The molecular weight excluding hydrogens is 352 g/mol. The molecule has 1 atom stereocenters. The number of rotatable bonds is 6. The molecule has 140 valence electrons. The molecule has 7 heteroatoms. The van der Waals surface area contributed by atoms with Crippen LogP contribution in [-0.4, -0.2) is 33.7 Å². The van der Waals surface area contributed by atoms with Gasteiger partial charge in [0.15, 0.2) is 0 Å². The summed E-state index contributed by atoms with van der Waals surface area (Å²) in [6, 6.07) is 11.4. The first-order chi connectivity index (χ1) is 12.1. The van der Waals surface area contributed by atoms with E-state index in [9.17, 15) is 13.2 Å². The standard InChI is InChI=1S/C19H24N2O4S/c1-13-8-6-9-14(2)18(13)20-19(22)15(3)21(26(5,23)24)16-10-7-11-17(12-16)25-4/h6-12,15H,1-5H3,(H,20,22).